The normalized spacial score (nSPS) is 13.8. The molecule has 0 saturated heterocycles. The summed E-state index contributed by atoms with van der Waals surface area (Å²) >= 11 is 5.26. The number of hydrogen-bond acceptors (Lipinski definition) is 2. The van der Waals surface area contributed by atoms with Gasteiger partial charge < -0.3 is 0 Å². The first-order chi connectivity index (χ1) is 3.77. The Labute approximate surface area is 60.3 Å². The minimum absolute atomic E-state index is 0.361. The van der Waals surface area contributed by atoms with Gasteiger partial charge in [0.1, 0.15) is 0 Å². The van der Waals surface area contributed by atoms with E-state index in [9.17, 15) is 4.21 Å². The second-order valence-electron chi connectivity index (χ2n) is 1.06. The highest BCUT2D eigenvalue weighted by Gasteiger charge is 1.90. The maximum atomic E-state index is 9.93. The van der Waals surface area contributed by atoms with Crippen LogP contribution in [0.5, 0.6) is 0 Å². The summed E-state index contributed by atoms with van der Waals surface area (Å²) in [5, 5.41) is 0. The first kappa shape index (κ1) is 8.69. The zero-order valence-corrected chi connectivity index (χ0v) is 6.43. The van der Waals surface area contributed by atoms with E-state index in [1.165, 1.54) is 0 Å². The van der Waals surface area contributed by atoms with Gasteiger partial charge in [-0.05, 0) is 6.42 Å². The van der Waals surface area contributed by atoms with Gasteiger partial charge in [0.25, 0.3) is 10.3 Å². The summed E-state index contributed by atoms with van der Waals surface area (Å²) in [4.78, 5) is 0. The molecule has 0 aromatic heterocycles. The summed E-state index contributed by atoms with van der Waals surface area (Å²) in [6.07, 6.45) is 0.681. The van der Waals surface area contributed by atoms with Gasteiger partial charge in [-0.1, -0.05) is 0 Å². The van der Waals surface area contributed by atoms with E-state index in [1.54, 1.807) is 0 Å². The van der Waals surface area contributed by atoms with Crippen LogP contribution in [0, 0.1) is 0 Å². The highest BCUT2D eigenvalue weighted by molar-refractivity contribution is 8.04. The first-order valence-corrected chi connectivity index (χ1v) is 4.48. The van der Waals surface area contributed by atoms with E-state index >= 15 is 0 Å². The Morgan fingerprint density at radius 1 is 1.62 bits per heavy atom. The zero-order chi connectivity index (χ0) is 6.41. The second kappa shape index (κ2) is 5.82. The molecule has 0 rings (SSSR count). The number of alkyl halides is 1. The van der Waals surface area contributed by atoms with Crippen LogP contribution in [0.4, 0.5) is 0 Å². The molecule has 8 heavy (non-hydrogen) atoms. The van der Waals surface area contributed by atoms with Crippen LogP contribution in [-0.4, -0.2) is 16.7 Å². The van der Waals surface area contributed by atoms with Crippen molar-refractivity contribution in [1.29, 1.82) is 0 Å². The van der Waals surface area contributed by atoms with Crippen LogP contribution in [0.1, 0.15) is 6.42 Å². The Bertz CT molecular complexity index is 77.7. The second-order valence-corrected chi connectivity index (χ2v) is 2.82. The molecular formula is C3H6Cl2O2S. The Morgan fingerprint density at radius 2 is 2.25 bits per heavy atom. The van der Waals surface area contributed by atoms with E-state index in [2.05, 4.69) is 4.18 Å². The van der Waals surface area contributed by atoms with Crippen LogP contribution >= 0.6 is 22.3 Å². The van der Waals surface area contributed by atoms with Gasteiger partial charge in [-0.15, -0.1) is 11.6 Å². The smallest absolute Gasteiger partial charge is 0.255 e. The van der Waals surface area contributed by atoms with Gasteiger partial charge in [-0.3, -0.25) is 4.18 Å². The fourth-order valence-corrected chi connectivity index (χ4v) is 0.726. The number of rotatable bonds is 4. The summed E-state index contributed by atoms with van der Waals surface area (Å²) in [6.45, 7) is 0.361. The van der Waals surface area contributed by atoms with Crippen LogP contribution in [0.2, 0.25) is 0 Å². The lowest BCUT2D eigenvalue weighted by Crippen LogP contribution is -1.92. The maximum Gasteiger partial charge on any atom is 0.255 e. The third-order valence-corrected chi connectivity index (χ3v) is 1.34. The largest absolute Gasteiger partial charge is 0.278 e. The van der Waals surface area contributed by atoms with Gasteiger partial charge in [-0.2, -0.15) is 0 Å². The van der Waals surface area contributed by atoms with E-state index in [1.807, 2.05) is 0 Å². The Hall–Kier alpha value is 0.690. The highest BCUT2D eigenvalue weighted by atomic mass is 35.7. The molecule has 0 N–H and O–H groups in total. The molecule has 1 unspecified atom stereocenters. The third kappa shape index (κ3) is 6.69. The average molecular weight is 177 g/mol. The van der Waals surface area contributed by atoms with Gasteiger partial charge in [0.05, 0.1) is 6.61 Å². The van der Waals surface area contributed by atoms with Gasteiger partial charge in [0.15, 0.2) is 0 Å². The third-order valence-electron chi connectivity index (χ3n) is 0.454. The highest BCUT2D eigenvalue weighted by Crippen LogP contribution is 1.93. The van der Waals surface area contributed by atoms with Crippen LogP contribution in [-0.2, 0) is 14.5 Å². The van der Waals surface area contributed by atoms with E-state index in [4.69, 9.17) is 22.3 Å². The molecule has 0 spiro atoms. The van der Waals surface area contributed by atoms with Crippen molar-refractivity contribution in [2.75, 3.05) is 12.5 Å². The van der Waals surface area contributed by atoms with Crippen molar-refractivity contribution in [2.24, 2.45) is 0 Å². The van der Waals surface area contributed by atoms with Crippen molar-refractivity contribution in [3.63, 3.8) is 0 Å². The molecule has 1 atom stereocenters. The van der Waals surface area contributed by atoms with Gasteiger partial charge >= 0.3 is 0 Å². The van der Waals surface area contributed by atoms with Crippen molar-refractivity contribution in [1.82, 2.24) is 0 Å². The Morgan fingerprint density at radius 3 is 2.62 bits per heavy atom. The molecule has 0 bridgehead atoms. The fourth-order valence-electron chi connectivity index (χ4n) is 0.179. The molecule has 0 fully saturated rings. The van der Waals surface area contributed by atoms with E-state index < -0.39 is 10.3 Å². The van der Waals surface area contributed by atoms with Crippen molar-refractivity contribution in [3.05, 3.63) is 0 Å². The fraction of sp³-hybridized carbons (Fsp3) is 1.00. The monoisotopic (exact) mass is 176 g/mol. The van der Waals surface area contributed by atoms with Gasteiger partial charge in [0.2, 0.25) is 0 Å². The van der Waals surface area contributed by atoms with Gasteiger partial charge in [0, 0.05) is 16.6 Å². The van der Waals surface area contributed by atoms with E-state index in [0.29, 0.717) is 18.9 Å². The molecule has 0 aromatic rings. The van der Waals surface area contributed by atoms with Gasteiger partial charge in [-0.25, -0.2) is 4.21 Å². The van der Waals surface area contributed by atoms with Crippen LogP contribution in [0.15, 0.2) is 0 Å². The summed E-state index contributed by atoms with van der Waals surface area (Å²) in [5.74, 6) is 0.508. The molecule has 0 radical (unpaired) electrons. The van der Waals surface area contributed by atoms with E-state index in [0.717, 1.165) is 0 Å². The van der Waals surface area contributed by atoms with Crippen molar-refractivity contribution < 1.29 is 8.39 Å². The Balaban J connectivity index is 2.82. The number of halogens is 2. The van der Waals surface area contributed by atoms with Crippen molar-refractivity contribution >= 4 is 32.6 Å². The molecule has 0 saturated carbocycles. The summed E-state index contributed by atoms with van der Waals surface area (Å²) in [6, 6.07) is 0. The molecule has 5 heteroatoms. The molecule has 2 nitrogen and oxygen atoms in total. The van der Waals surface area contributed by atoms with E-state index in [-0.39, 0.29) is 0 Å². The van der Waals surface area contributed by atoms with Crippen LogP contribution < -0.4 is 0 Å². The summed E-state index contributed by atoms with van der Waals surface area (Å²) in [5.41, 5.74) is 0. The van der Waals surface area contributed by atoms with Crippen LogP contribution in [0.25, 0.3) is 0 Å². The molecule has 0 aliphatic carbocycles. The van der Waals surface area contributed by atoms with Crippen molar-refractivity contribution in [3.8, 4) is 0 Å². The summed E-state index contributed by atoms with van der Waals surface area (Å²) in [7, 11) is 3.27. The predicted octanol–water partition coefficient (Wildman–Crippen LogP) is 1.45. The predicted molar refractivity (Wildman–Crippen MR) is 35.3 cm³/mol. The standard InChI is InChI=1S/C3H6Cl2O2S/c4-2-1-3-7-8(5)6/h1-3H2. The lowest BCUT2D eigenvalue weighted by Gasteiger charge is -1.91. The van der Waals surface area contributed by atoms with Crippen LogP contribution in [0.3, 0.4) is 0 Å². The molecule has 0 aliphatic heterocycles. The quantitative estimate of drug-likeness (QED) is 0.369. The van der Waals surface area contributed by atoms with Crippen molar-refractivity contribution in [2.45, 2.75) is 6.42 Å². The number of hydrogen-bond donors (Lipinski definition) is 0. The zero-order valence-electron chi connectivity index (χ0n) is 4.10. The molecular weight excluding hydrogens is 171 g/mol. The first-order valence-electron chi connectivity index (χ1n) is 2.04. The molecule has 0 aromatic carbocycles. The molecule has 0 heterocycles. The molecule has 0 amide bonds. The maximum absolute atomic E-state index is 9.93. The Kier molecular flexibility index (Phi) is 6.32. The lowest BCUT2D eigenvalue weighted by atomic mass is 10.5. The topological polar surface area (TPSA) is 26.3 Å². The SMILES string of the molecule is O=S(Cl)OCCCCl. The summed E-state index contributed by atoms with van der Waals surface area (Å²) < 4.78 is 14.4. The minimum Gasteiger partial charge on any atom is -0.278 e. The average Bonchev–Trinajstić information content (AvgIpc) is 1.66. The lowest BCUT2D eigenvalue weighted by molar-refractivity contribution is 0.356. The minimum atomic E-state index is -1.65. The molecule has 0 aliphatic rings. The molecule has 50 valence electrons.